The Labute approximate surface area is 131 Å². The summed E-state index contributed by atoms with van der Waals surface area (Å²) in [5, 5.41) is 0. The van der Waals surface area contributed by atoms with Gasteiger partial charge in [0.15, 0.2) is 0 Å². The molecule has 1 saturated carbocycles. The third kappa shape index (κ3) is 4.67. The second-order valence-electron chi connectivity index (χ2n) is 7.87. The van der Waals surface area contributed by atoms with E-state index in [0.29, 0.717) is 0 Å². The number of hydrogen-bond donors (Lipinski definition) is 1. The van der Waals surface area contributed by atoms with E-state index in [4.69, 9.17) is 5.73 Å². The molecule has 0 aromatic heterocycles. The SMILES string of the molecule is NCC1CCC(CN2CCC(CN3CCCC3)CC2)CC1. The summed E-state index contributed by atoms with van der Waals surface area (Å²) < 4.78 is 0. The zero-order valence-corrected chi connectivity index (χ0v) is 13.8. The molecule has 2 saturated heterocycles. The predicted molar refractivity (Wildman–Crippen MR) is 89.3 cm³/mol. The van der Waals surface area contributed by atoms with Crippen LogP contribution in [0.5, 0.6) is 0 Å². The summed E-state index contributed by atoms with van der Waals surface area (Å²) in [6.45, 7) is 9.11. The second-order valence-corrected chi connectivity index (χ2v) is 7.87. The summed E-state index contributed by atoms with van der Waals surface area (Å²) >= 11 is 0. The van der Waals surface area contributed by atoms with Gasteiger partial charge in [-0.25, -0.2) is 0 Å². The predicted octanol–water partition coefficient (Wildman–Crippen LogP) is 2.56. The second kappa shape index (κ2) is 7.94. The maximum Gasteiger partial charge on any atom is 0.00106 e. The van der Waals surface area contributed by atoms with Gasteiger partial charge in [0.25, 0.3) is 0 Å². The first-order valence-corrected chi connectivity index (χ1v) is 9.48. The van der Waals surface area contributed by atoms with Crippen molar-refractivity contribution >= 4 is 0 Å². The van der Waals surface area contributed by atoms with E-state index < -0.39 is 0 Å². The molecular weight excluding hydrogens is 258 g/mol. The number of likely N-dealkylation sites (tertiary alicyclic amines) is 2. The van der Waals surface area contributed by atoms with E-state index in [2.05, 4.69) is 9.80 Å². The van der Waals surface area contributed by atoms with Gasteiger partial charge in [0.2, 0.25) is 0 Å². The highest BCUT2D eigenvalue weighted by Gasteiger charge is 2.26. The molecule has 3 rings (SSSR count). The fourth-order valence-electron chi connectivity index (χ4n) is 4.70. The highest BCUT2D eigenvalue weighted by atomic mass is 15.2. The van der Waals surface area contributed by atoms with Crippen LogP contribution in [0, 0.1) is 17.8 Å². The molecule has 0 radical (unpaired) electrons. The number of hydrogen-bond acceptors (Lipinski definition) is 3. The lowest BCUT2D eigenvalue weighted by atomic mass is 9.81. The quantitative estimate of drug-likeness (QED) is 0.845. The van der Waals surface area contributed by atoms with Gasteiger partial charge in [0.1, 0.15) is 0 Å². The maximum absolute atomic E-state index is 5.80. The van der Waals surface area contributed by atoms with Gasteiger partial charge in [-0.2, -0.15) is 0 Å². The fourth-order valence-corrected chi connectivity index (χ4v) is 4.70. The minimum Gasteiger partial charge on any atom is -0.330 e. The van der Waals surface area contributed by atoms with Crippen LogP contribution in [0.3, 0.4) is 0 Å². The van der Waals surface area contributed by atoms with E-state index in [1.54, 1.807) is 0 Å². The van der Waals surface area contributed by atoms with E-state index in [-0.39, 0.29) is 0 Å². The van der Waals surface area contributed by atoms with Crippen LogP contribution in [-0.4, -0.2) is 55.6 Å². The first kappa shape index (κ1) is 15.8. The summed E-state index contributed by atoms with van der Waals surface area (Å²) in [4.78, 5) is 5.46. The molecule has 3 aliphatic rings. The van der Waals surface area contributed by atoms with E-state index >= 15 is 0 Å². The van der Waals surface area contributed by atoms with Crippen LogP contribution in [-0.2, 0) is 0 Å². The zero-order valence-electron chi connectivity index (χ0n) is 13.8. The van der Waals surface area contributed by atoms with Gasteiger partial charge in [0.05, 0.1) is 0 Å². The molecule has 1 aliphatic carbocycles. The average molecular weight is 293 g/mol. The van der Waals surface area contributed by atoms with E-state index in [0.717, 1.165) is 24.3 Å². The molecule has 0 atom stereocenters. The van der Waals surface area contributed by atoms with Gasteiger partial charge in [0, 0.05) is 13.1 Å². The fraction of sp³-hybridized carbons (Fsp3) is 1.00. The zero-order chi connectivity index (χ0) is 14.5. The monoisotopic (exact) mass is 293 g/mol. The third-order valence-electron chi connectivity index (χ3n) is 6.24. The van der Waals surface area contributed by atoms with Crippen molar-refractivity contribution < 1.29 is 0 Å². The maximum atomic E-state index is 5.80. The molecular formula is C18H35N3. The Bertz CT molecular complexity index is 285. The number of rotatable bonds is 5. The number of nitrogens with zero attached hydrogens (tertiary/aromatic N) is 2. The Morgan fingerprint density at radius 2 is 1.10 bits per heavy atom. The lowest BCUT2D eigenvalue weighted by Gasteiger charge is -2.37. The summed E-state index contributed by atoms with van der Waals surface area (Å²) in [6.07, 6.45) is 11.4. The molecule has 0 amide bonds. The van der Waals surface area contributed by atoms with Crippen molar-refractivity contribution in [2.75, 3.05) is 45.8 Å². The summed E-state index contributed by atoms with van der Waals surface area (Å²) in [7, 11) is 0. The van der Waals surface area contributed by atoms with E-state index in [9.17, 15) is 0 Å². The first-order chi connectivity index (χ1) is 10.3. The molecule has 2 heterocycles. The molecule has 3 fully saturated rings. The molecule has 0 aromatic rings. The molecule has 21 heavy (non-hydrogen) atoms. The van der Waals surface area contributed by atoms with E-state index in [1.807, 2.05) is 0 Å². The standard InChI is InChI=1S/C18H35N3/c19-13-16-3-5-17(6-4-16)14-21-11-7-18(8-12-21)15-20-9-1-2-10-20/h16-18H,1-15,19H2. The number of nitrogens with two attached hydrogens (primary N) is 1. The Balaban J connectivity index is 1.32. The molecule has 0 spiro atoms. The molecule has 3 heteroatoms. The van der Waals surface area contributed by atoms with Crippen LogP contribution < -0.4 is 5.73 Å². The van der Waals surface area contributed by atoms with Gasteiger partial charge in [-0.1, -0.05) is 0 Å². The normalized spacial score (nSPS) is 33.6. The molecule has 122 valence electrons. The van der Waals surface area contributed by atoms with Crippen LogP contribution in [0.25, 0.3) is 0 Å². The minimum atomic E-state index is 0.826. The highest BCUT2D eigenvalue weighted by molar-refractivity contribution is 4.80. The molecule has 0 bridgehead atoms. The van der Waals surface area contributed by atoms with Crippen LogP contribution in [0.4, 0.5) is 0 Å². The number of piperidine rings is 1. The van der Waals surface area contributed by atoms with Crippen LogP contribution in [0.15, 0.2) is 0 Å². The smallest absolute Gasteiger partial charge is 0.00106 e. The highest BCUT2D eigenvalue weighted by Crippen LogP contribution is 2.30. The topological polar surface area (TPSA) is 32.5 Å². The molecule has 2 N–H and O–H groups in total. The van der Waals surface area contributed by atoms with Crippen molar-refractivity contribution in [3.8, 4) is 0 Å². The minimum absolute atomic E-state index is 0.826. The Kier molecular flexibility index (Phi) is 5.96. The largest absolute Gasteiger partial charge is 0.330 e. The Morgan fingerprint density at radius 3 is 1.67 bits per heavy atom. The summed E-state index contributed by atoms with van der Waals surface area (Å²) in [5.41, 5.74) is 5.80. The van der Waals surface area contributed by atoms with Gasteiger partial charge < -0.3 is 15.5 Å². The molecule has 2 aliphatic heterocycles. The average Bonchev–Trinajstić information content (AvgIpc) is 3.03. The van der Waals surface area contributed by atoms with Crippen molar-refractivity contribution in [2.45, 2.75) is 51.4 Å². The lowest BCUT2D eigenvalue weighted by molar-refractivity contribution is 0.122. The molecule has 3 nitrogen and oxygen atoms in total. The first-order valence-electron chi connectivity index (χ1n) is 9.48. The summed E-state index contributed by atoms with van der Waals surface area (Å²) in [6, 6.07) is 0. The Morgan fingerprint density at radius 1 is 0.619 bits per heavy atom. The molecule has 0 unspecified atom stereocenters. The van der Waals surface area contributed by atoms with Gasteiger partial charge in [-0.3, -0.25) is 0 Å². The summed E-state index contributed by atoms with van der Waals surface area (Å²) in [5.74, 6) is 2.77. The molecule has 0 aromatic carbocycles. The van der Waals surface area contributed by atoms with Crippen LogP contribution >= 0.6 is 0 Å². The van der Waals surface area contributed by atoms with Gasteiger partial charge >= 0.3 is 0 Å². The van der Waals surface area contributed by atoms with E-state index in [1.165, 1.54) is 90.6 Å². The Hall–Kier alpha value is -0.120. The van der Waals surface area contributed by atoms with Crippen LogP contribution in [0.1, 0.15) is 51.4 Å². The van der Waals surface area contributed by atoms with Crippen molar-refractivity contribution in [3.05, 3.63) is 0 Å². The lowest BCUT2D eigenvalue weighted by Crippen LogP contribution is -2.40. The van der Waals surface area contributed by atoms with Crippen molar-refractivity contribution in [1.29, 1.82) is 0 Å². The van der Waals surface area contributed by atoms with Crippen molar-refractivity contribution in [2.24, 2.45) is 23.5 Å². The van der Waals surface area contributed by atoms with Crippen molar-refractivity contribution in [3.63, 3.8) is 0 Å². The van der Waals surface area contributed by atoms with Crippen LogP contribution in [0.2, 0.25) is 0 Å². The van der Waals surface area contributed by atoms with Crippen molar-refractivity contribution in [1.82, 2.24) is 9.80 Å². The van der Waals surface area contributed by atoms with Gasteiger partial charge in [-0.15, -0.1) is 0 Å². The third-order valence-corrected chi connectivity index (χ3v) is 6.24. The van der Waals surface area contributed by atoms with Gasteiger partial charge in [-0.05, 0) is 102 Å².